The van der Waals surface area contributed by atoms with Crippen LogP contribution in [0.4, 0.5) is 5.69 Å². The zero-order valence-corrected chi connectivity index (χ0v) is 13.5. The van der Waals surface area contributed by atoms with Crippen LogP contribution < -0.4 is 5.32 Å². The molecule has 1 aromatic carbocycles. The summed E-state index contributed by atoms with van der Waals surface area (Å²) in [5, 5.41) is 19.4. The van der Waals surface area contributed by atoms with E-state index in [1.165, 1.54) is 25.3 Å². The second-order valence-corrected chi connectivity index (χ2v) is 5.68. The highest BCUT2D eigenvalue weighted by atomic mass is 16.6. The zero-order valence-electron chi connectivity index (χ0n) is 13.5. The molecule has 0 bridgehead atoms. The highest BCUT2D eigenvalue weighted by molar-refractivity contribution is 6.14. The van der Waals surface area contributed by atoms with E-state index in [0.717, 1.165) is 0 Å². The zero-order chi connectivity index (χ0) is 17.6. The van der Waals surface area contributed by atoms with E-state index in [1.54, 1.807) is 26.8 Å². The molecular weight excluding hydrogens is 298 g/mol. The first-order valence-electron chi connectivity index (χ1n) is 6.85. The number of anilines is 1. The molecular formula is C16H19N3O4. The molecule has 0 atom stereocenters. The number of carbonyl (C=O) groups excluding carboxylic acids is 2. The Morgan fingerprint density at radius 3 is 2.52 bits per heavy atom. The van der Waals surface area contributed by atoms with Crippen LogP contribution in [0.15, 0.2) is 18.2 Å². The molecule has 2 N–H and O–H groups in total. The van der Waals surface area contributed by atoms with Crippen molar-refractivity contribution < 1.29 is 19.1 Å². The molecule has 0 aliphatic heterocycles. The lowest BCUT2D eigenvalue weighted by Crippen LogP contribution is -2.28. The third kappa shape index (κ3) is 5.43. The quantitative estimate of drug-likeness (QED) is 0.635. The highest BCUT2D eigenvalue weighted by Crippen LogP contribution is 2.19. The molecule has 7 nitrogen and oxygen atoms in total. The summed E-state index contributed by atoms with van der Waals surface area (Å²) in [4.78, 5) is 23.3. The van der Waals surface area contributed by atoms with Gasteiger partial charge >= 0.3 is 11.9 Å². The first-order valence-corrected chi connectivity index (χ1v) is 6.85. The van der Waals surface area contributed by atoms with Gasteiger partial charge < -0.3 is 14.8 Å². The summed E-state index contributed by atoms with van der Waals surface area (Å²) in [6.07, 6.45) is 0. The van der Waals surface area contributed by atoms with Gasteiger partial charge in [0, 0.05) is 11.3 Å². The third-order valence-corrected chi connectivity index (χ3v) is 2.67. The number of ether oxygens (including phenoxy) is 2. The maximum atomic E-state index is 11.7. The summed E-state index contributed by atoms with van der Waals surface area (Å²) in [5.41, 5.74) is -0.128. The number of carbonyl (C=O) groups is 2. The number of nitriles is 1. The average molecular weight is 317 g/mol. The summed E-state index contributed by atoms with van der Waals surface area (Å²) in [6, 6.07) is 6.07. The minimum Gasteiger partial charge on any atom is -0.465 e. The van der Waals surface area contributed by atoms with E-state index in [2.05, 4.69) is 10.1 Å². The number of esters is 2. The molecule has 122 valence electrons. The maximum absolute atomic E-state index is 11.7. The van der Waals surface area contributed by atoms with Gasteiger partial charge in [0.15, 0.2) is 0 Å². The predicted octanol–water partition coefficient (Wildman–Crippen LogP) is 2.12. The number of rotatable bonds is 5. The molecule has 0 fully saturated rings. The molecule has 23 heavy (non-hydrogen) atoms. The third-order valence-electron chi connectivity index (χ3n) is 2.67. The van der Waals surface area contributed by atoms with Crippen LogP contribution >= 0.6 is 0 Å². The van der Waals surface area contributed by atoms with E-state index in [0.29, 0.717) is 5.69 Å². The Morgan fingerprint density at radius 1 is 1.35 bits per heavy atom. The fraction of sp³-hybridized carbons (Fsp3) is 0.375. The maximum Gasteiger partial charge on any atom is 0.337 e. The van der Waals surface area contributed by atoms with Gasteiger partial charge in [0.1, 0.15) is 23.9 Å². The molecule has 0 spiro atoms. The van der Waals surface area contributed by atoms with Crippen LogP contribution in [-0.2, 0) is 14.3 Å². The molecule has 0 saturated carbocycles. The monoisotopic (exact) mass is 317 g/mol. The number of methoxy groups -OCH3 is 1. The van der Waals surface area contributed by atoms with Crippen molar-refractivity contribution in [2.24, 2.45) is 0 Å². The fourth-order valence-corrected chi connectivity index (χ4v) is 1.76. The van der Waals surface area contributed by atoms with Crippen molar-refractivity contribution in [3.8, 4) is 6.07 Å². The molecule has 0 aromatic heterocycles. The Bertz CT molecular complexity index is 669. The normalized spacial score (nSPS) is 10.4. The van der Waals surface area contributed by atoms with E-state index in [9.17, 15) is 9.59 Å². The van der Waals surface area contributed by atoms with Gasteiger partial charge in [-0.05, 0) is 39.0 Å². The molecule has 0 heterocycles. The summed E-state index contributed by atoms with van der Waals surface area (Å²) < 4.78 is 9.78. The lowest BCUT2D eigenvalue weighted by Gasteiger charge is -2.20. The summed E-state index contributed by atoms with van der Waals surface area (Å²) in [6.45, 7) is 5.15. The Kier molecular flexibility index (Phi) is 5.85. The van der Waals surface area contributed by atoms with Crippen molar-refractivity contribution in [3.63, 3.8) is 0 Å². The van der Waals surface area contributed by atoms with E-state index >= 15 is 0 Å². The fourth-order valence-electron chi connectivity index (χ4n) is 1.76. The SMILES string of the molecule is COC(=O)c1ccc(NCC(=O)OC(C)(C)C)c(C(=N)C#N)c1. The summed E-state index contributed by atoms with van der Waals surface area (Å²) in [7, 11) is 1.24. The Labute approximate surface area is 134 Å². The molecule has 0 amide bonds. The van der Waals surface area contributed by atoms with E-state index in [4.69, 9.17) is 15.4 Å². The first kappa shape index (κ1) is 18.2. The van der Waals surface area contributed by atoms with Crippen LogP contribution in [0.2, 0.25) is 0 Å². The van der Waals surface area contributed by atoms with Gasteiger partial charge in [-0.15, -0.1) is 0 Å². The van der Waals surface area contributed by atoms with E-state index in [1.807, 2.05) is 0 Å². The van der Waals surface area contributed by atoms with Gasteiger partial charge in [-0.2, -0.15) is 5.26 Å². The summed E-state index contributed by atoms with van der Waals surface area (Å²) in [5.74, 6) is -1.04. The highest BCUT2D eigenvalue weighted by Gasteiger charge is 2.17. The van der Waals surface area contributed by atoms with Gasteiger partial charge in [-0.1, -0.05) is 0 Å². The van der Waals surface area contributed by atoms with Gasteiger partial charge in [-0.3, -0.25) is 10.2 Å². The Hall–Kier alpha value is -2.88. The number of nitrogens with one attached hydrogen (secondary N) is 2. The van der Waals surface area contributed by atoms with Crippen LogP contribution in [0.5, 0.6) is 0 Å². The number of hydrogen-bond donors (Lipinski definition) is 2. The molecule has 0 radical (unpaired) electrons. The molecule has 0 unspecified atom stereocenters. The van der Waals surface area contributed by atoms with Crippen LogP contribution in [-0.4, -0.2) is 36.9 Å². The second-order valence-electron chi connectivity index (χ2n) is 5.68. The molecule has 7 heteroatoms. The van der Waals surface area contributed by atoms with Crippen molar-refractivity contribution in [1.29, 1.82) is 10.7 Å². The largest absolute Gasteiger partial charge is 0.465 e. The van der Waals surface area contributed by atoms with Crippen molar-refractivity contribution in [3.05, 3.63) is 29.3 Å². The number of nitrogens with zero attached hydrogens (tertiary/aromatic N) is 1. The standard InChI is InChI=1S/C16H19N3O4/c1-16(2,3)23-14(20)9-19-13-6-5-10(15(21)22-4)7-11(13)12(18)8-17/h5-7,18-19H,9H2,1-4H3. The molecule has 1 rings (SSSR count). The van der Waals surface area contributed by atoms with Crippen molar-refractivity contribution in [2.45, 2.75) is 26.4 Å². The molecule has 0 aliphatic rings. The predicted molar refractivity (Wildman–Crippen MR) is 84.6 cm³/mol. The Balaban J connectivity index is 2.98. The number of hydrogen-bond acceptors (Lipinski definition) is 7. The van der Waals surface area contributed by atoms with E-state index in [-0.39, 0.29) is 23.4 Å². The van der Waals surface area contributed by atoms with Gasteiger partial charge in [0.2, 0.25) is 0 Å². The topological polar surface area (TPSA) is 112 Å². The number of benzene rings is 1. The lowest BCUT2D eigenvalue weighted by atomic mass is 10.0. The Morgan fingerprint density at radius 2 is 2.00 bits per heavy atom. The van der Waals surface area contributed by atoms with Gasteiger partial charge in [-0.25, -0.2) is 4.79 Å². The average Bonchev–Trinajstić information content (AvgIpc) is 2.49. The van der Waals surface area contributed by atoms with Crippen molar-refractivity contribution in [1.82, 2.24) is 0 Å². The van der Waals surface area contributed by atoms with Crippen LogP contribution in [0.25, 0.3) is 0 Å². The summed E-state index contributed by atoms with van der Waals surface area (Å²) >= 11 is 0. The van der Waals surface area contributed by atoms with Gasteiger partial charge in [0.05, 0.1) is 12.7 Å². The minimum atomic E-state index is -0.601. The van der Waals surface area contributed by atoms with Gasteiger partial charge in [0.25, 0.3) is 0 Å². The van der Waals surface area contributed by atoms with Crippen molar-refractivity contribution >= 4 is 23.3 Å². The van der Waals surface area contributed by atoms with E-state index < -0.39 is 17.5 Å². The first-order chi connectivity index (χ1) is 10.7. The van der Waals surface area contributed by atoms with Crippen LogP contribution in [0, 0.1) is 16.7 Å². The minimum absolute atomic E-state index is 0.124. The van der Waals surface area contributed by atoms with Crippen LogP contribution in [0.1, 0.15) is 36.7 Å². The smallest absolute Gasteiger partial charge is 0.337 e. The van der Waals surface area contributed by atoms with Crippen molar-refractivity contribution in [2.75, 3.05) is 19.0 Å². The molecule has 1 aromatic rings. The molecule has 0 aliphatic carbocycles. The lowest BCUT2D eigenvalue weighted by molar-refractivity contribution is -0.152. The molecule has 0 saturated heterocycles. The van der Waals surface area contributed by atoms with Crippen LogP contribution in [0.3, 0.4) is 0 Å². The second kappa shape index (κ2) is 7.40.